The zero-order valence-electron chi connectivity index (χ0n) is 23.3. The Hall–Kier alpha value is -3.70. The van der Waals surface area contributed by atoms with Gasteiger partial charge in [-0.2, -0.15) is 8.78 Å². The van der Waals surface area contributed by atoms with Crippen molar-refractivity contribution in [3.8, 4) is 11.5 Å². The number of nitrogens with zero attached hydrogens (tertiary/aromatic N) is 4. The average molecular weight is 568 g/mol. The second-order valence-corrected chi connectivity index (χ2v) is 11.6. The smallest absolute Gasteiger partial charge is 0.387 e. The Morgan fingerprint density at radius 2 is 1.88 bits per heavy atom. The van der Waals surface area contributed by atoms with Gasteiger partial charge in [-0.1, -0.05) is 12.1 Å². The number of halogens is 2. The Labute approximate surface area is 237 Å². The number of phenols is 1. The zero-order valence-corrected chi connectivity index (χ0v) is 23.3. The van der Waals surface area contributed by atoms with Crippen LogP contribution in [0.15, 0.2) is 42.5 Å². The summed E-state index contributed by atoms with van der Waals surface area (Å²) in [4.78, 5) is 39.1. The van der Waals surface area contributed by atoms with Crippen molar-refractivity contribution in [1.82, 2.24) is 24.6 Å². The van der Waals surface area contributed by atoms with Crippen molar-refractivity contribution in [3.63, 3.8) is 0 Å². The van der Waals surface area contributed by atoms with E-state index in [9.17, 15) is 23.5 Å². The molecule has 2 atom stereocenters. The summed E-state index contributed by atoms with van der Waals surface area (Å²) in [5.41, 5.74) is 1.94. The molecule has 3 amide bonds. The average Bonchev–Trinajstić information content (AvgIpc) is 3.37. The number of fused-ring (bicyclic) bond motifs is 4. The van der Waals surface area contributed by atoms with Crippen LogP contribution in [-0.2, 0) is 17.6 Å². The van der Waals surface area contributed by atoms with Crippen LogP contribution in [-0.4, -0.2) is 100 Å². The van der Waals surface area contributed by atoms with E-state index in [4.69, 9.17) is 0 Å². The van der Waals surface area contributed by atoms with Crippen LogP contribution in [0.5, 0.6) is 11.5 Å². The molecule has 0 saturated carbocycles. The highest BCUT2D eigenvalue weighted by Crippen LogP contribution is 2.48. The number of rotatable bonds is 8. The van der Waals surface area contributed by atoms with E-state index in [-0.39, 0.29) is 29.9 Å². The number of amides is 3. The van der Waals surface area contributed by atoms with Gasteiger partial charge in [0.2, 0.25) is 0 Å². The zero-order chi connectivity index (χ0) is 28.9. The lowest BCUT2D eigenvalue weighted by Crippen LogP contribution is -2.53. The number of H-pyrrole nitrogens is 1. The molecule has 41 heavy (non-hydrogen) atoms. The highest BCUT2D eigenvalue weighted by atomic mass is 19.3. The lowest BCUT2D eigenvalue weighted by molar-refractivity contribution is -0.133. The number of aromatic nitrogens is 1. The van der Waals surface area contributed by atoms with Gasteiger partial charge in [-0.3, -0.25) is 9.69 Å². The first-order chi connectivity index (χ1) is 19.6. The Morgan fingerprint density at radius 3 is 2.61 bits per heavy atom. The number of aromatic hydroxyl groups is 1. The van der Waals surface area contributed by atoms with Gasteiger partial charge in [-0.25, -0.2) is 4.79 Å². The number of carbonyl (C=O) groups is 2. The molecule has 2 N–H and O–H groups in total. The predicted octanol–water partition coefficient (Wildman–Crippen LogP) is 3.98. The molecule has 4 heterocycles. The molecule has 2 fully saturated rings. The Morgan fingerprint density at radius 1 is 1.10 bits per heavy atom. The van der Waals surface area contributed by atoms with Crippen molar-refractivity contribution in [2.75, 3.05) is 46.3 Å². The number of phenolic OH excluding ortho intramolecular Hbond substituents is 1. The standard InChI is InChI=1S/C30H35F2N5O4/c1-30-18-23-22-17-21(41-28(31)32)7-8-24(22)33-26(23)25(16-19-5-3-6-20(38)15-19)37(30)29(40)36(27(30)39)10-4-9-35-13-11-34(2)12-14-35/h3,5-8,15,17,25,28,33,38H,4,9-14,16,18H2,1-2H3/t25?,30-/m0/s1. The van der Waals surface area contributed by atoms with Crippen LogP contribution in [0.2, 0.25) is 0 Å². The van der Waals surface area contributed by atoms with Crippen LogP contribution in [0.1, 0.15) is 36.2 Å². The third-order valence-corrected chi connectivity index (χ3v) is 8.77. The largest absolute Gasteiger partial charge is 0.508 e. The van der Waals surface area contributed by atoms with Gasteiger partial charge in [-0.15, -0.1) is 0 Å². The summed E-state index contributed by atoms with van der Waals surface area (Å²) in [7, 11) is 2.11. The number of aromatic amines is 1. The second kappa shape index (κ2) is 10.6. The summed E-state index contributed by atoms with van der Waals surface area (Å²) in [6, 6.07) is 10.7. The number of nitrogens with one attached hydrogen (secondary N) is 1. The number of benzene rings is 2. The molecule has 0 spiro atoms. The summed E-state index contributed by atoms with van der Waals surface area (Å²) in [6.07, 6.45) is 1.29. The third kappa shape index (κ3) is 5.01. The van der Waals surface area contributed by atoms with Gasteiger partial charge < -0.3 is 29.5 Å². The molecule has 3 aliphatic heterocycles. The molecule has 1 aromatic heterocycles. The fourth-order valence-corrected chi connectivity index (χ4v) is 6.65. The first-order valence-corrected chi connectivity index (χ1v) is 14.1. The van der Waals surface area contributed by atoms with E-state index >= 15 is 0 Å². The molecule has 218 valence electrons. The maximum atomic E-state index is 14.0. The highest BCUT2D eigenvalue weighted by molar-refractivity contribution is 6.08. The summed E-state index contributed by atoms with van der Waals surface area (Å²) in [5.74, 6) is -0.103. The van der Waals surface area contributed by atoms with Crippen molar-refractivity contribution in [3.05, 3.63) is 59.3 Å². The van der Waals surface area contributed by atoms with E-state index in [1.165, 1.54) is 11.0 Å². The van der Waals surface area contributed by atoms with Crippen LogP contribution in [0, 0.1) is 0 Å². The highest BCUT2D eigenvalue weighted by Gasteiger charge is 2.59. The molecule has 2 saturated heterocycles. The van der Waals surface area contributed by atoms with Crippen molar-refractivity contribution < 1.29 is 28.2 Å². The number of piperazine rings is 1. The molecule has 2 aromatic carbocycles. The van der Waals surface area contributed by atoms with E-state index < -0.39 is 18.2 Å². The number of ether oxygens (including phenoxy) is 1. The molecule has 0 aliphatic carbocycles. The maximum absolute atomic E-state index is 14.0. The summed E-state index contributed by atoms with van der Waals surface area (Å²) >= 11 is 0. The van der Waals surface area contributed by atoms with Crippen molar-refractivity contribution >= 4 is 22.8 Å². The van der Waals surface area contributed by atoms with E-state index in [2.05, 4.69) is 26.6 Å². The minimum atomic E-state index is -2.96. The quantitative estimate of drug-likeness (QED) is 0.401. The van der Waals surface area contributed by atoms with Gasteiger partial charge >= 0.3 is 12.6 Å². The monoisotopic (exact) mass is 567 g/mol. The van der Waals surface area contributed by atoms with Gasteiger partial charge in [0.25, 0.3) is 5.91 Å². The number of urea groups is 1. The van der Waals surface area contributed by atoms with E-state index in [0.717, 1.165) is 49.5 Å². The SMILES string of the molecule is CN1CCN(CCCN2C(=O)N3C(Cc4cccc(O)c4)c4[nH]c5ccc(OC(F)F)cc5c4C[C@@]3(C)C2=O)CC1. The van der Waals surface area contributed by atoms with Crippen molar-refractivity contribution in [2.45, 2.75) is 44.4 Å². The maximum Gasteiger partial charge on any atom is 0.387 e. The minimum absolute atomic E-state index is 0.0331. The number of alkyl halides is 2. The fourth-order valence-electron chi connectivity index (χ4n) is 6.65. The molecular weight excluding hydrogens is 532 g/mol. The van der Waals surface area contributed by atoms with Gasteiger partial charge in [0.05, 0.1) is 6.04 Å². The molecule has 11 heteroatoms. The van der Waals surface area contributed by atoms with Gasteiger partial charge in [0, 0.05) is 55.7 Å². The van der Waals surface area contributed by atoms with Crippen LogP contribution >= 0.6 is 0 Å². The fraction of sp³-hybridized carbons (Fsp3) is 0.467. The summed E-state index contributed by atoms with van der Waals surface area (Å²) in [5, 5.41) is 10.8. The second-order valence-electron chi connectivity index (χ2n) is 11.6. The molecular formula is C30H35F2N5O4. The van der Waals surface area contributed by atoms with Crippen LogP contribution in [0.3, 0.4) is 0 Å². The Kier molecular flexibility index (Phi) is 7.11. The summed E-state index contributed by atoms with van der Waals surface area (Å²) < 4.78 is 30.6. The van der Waals surface area contributed by atoms with Gasteiger partial charge in [0.15, 0.2) is 0 Å². The molecule has 0 radical (unpaired) electrons. The lowest BCUT2D eigenvalue weighted by atomic mass is 9.81. The molecule has 3 aliphatic rings. The number of carbonyl (C=O) groups excluding carboxylic acids is 2. The number of imide groups is 1. The molecule has 9 nitrogen and oxygen atoms in total. The number of hydrogen-bond donors (Lipinski definition) is 2. The van der Waals surface area contributed by atoms with E-state index in [0.29, 0.717) is 30.3 Å². The van der Waals surface area contributed by atoms with Crippen molar-refractivity contribution in [1.29, 1.82) is 0 Å². The molecule has 3 aromatic rings. The predicted molar refractivity (Wildman–Crippen MR) is 149 cm³/mol. The molecule has 0 bridgehead atoms. The Balaban J connectivity index is 1.33. The normalized spacial score (nSPS) is 23.5. The molecule has 6 rings (SSSR count). The number of likely N-dealkylation sites (N-methyl/N-ethyl adjacent to an activating group) is 1. The van der Waals surface area contributed by atoms with Crippen molar-refractivity contribution in [2.24, 2.45) is 0 Å². The topological polar surface area (TPSA) is 92.4 Å². The van der Waals surface area contributed by atoms with Crippen LogP contribution < -0.4 is 4.74 Å². The Bertz CT molecular complexity index is 1470. The van der Waals surface area contributed by atoms with E-state index in [1.54, 1.807) is 42.2 Å². The lowest BCUT2D eigenvalue weighted by Gasteiger charge is -2.42. The third-order valence-electron chi connectivity index (χ3n) is 8.77. The van der Waals surface area contributed by atoms with Crippen LogP contribution in [0.25, 0.3) is 10.9 Å². The minimum Gasteiger partial charge on any atom is -0.508 e. The van der Waals surface area contributed by atoms with Gasteiger partial charge in [-0.05, 0) is 74.8 Å². The number of hydrogen-bond acceptors (Lipinski definition) is 6. The van der Waals surface area contributed by atoms with Crippen LogP contribution in [0.4, 0.5) is 13.6 Å². The molecule has 1 unspecified atom stereocenters. The van der Waals surface area contributed by atoms with Gasteiger partial charge in [0.1, 0.15) is 17.0 Å². The van der Waals surface area contributed by atoms with E-state index in [1.807, 2.05) is 6.07 Å². The summed E-state index contributed by atoms with van der Waals surface area (Å²) in [6.45, 7) is 3.91. The first-order valence-electron chi connectivity index (χ1n) is 14.1. The first kappa shape index (κ1) is 27.5.